The fourth-order valence-electron chi connectivity index (χ4n) is 2.11. The van der Waals surface area contributed by atoms with Crippen LogP contribution < -0.4 is 4.72 Å². The lowest BCUT2D eigenvalue weighted by molar-refractivity contribution is 0.376. The molecule has 2 aromatic heterocycles. The second-order valence-electron chi connectivity index (χ2n) is 5.16. The molecule has 0 radical (unpaired) electrons. The van der Waals surface area contributed by atoms with Crippen molar-refractivity contribution >= 4 is 10.0 Å². The monoisotopic (exact) mass is 347 g/mol. The molecule has 3 rings (SSSR count). The average molecular weight is 347 g/mol. The highest BCUT2D eigenvalue weighted by Crippen LogP contribution is 2.14. The van der Waals surface area contributed by atoms with Gasteiger partial charge in [0.2, 0.25) is 21.7 Å². The fourth-order valence-corrected chi connectivity index (χ4v) is 3.19. The standard InChI is InChI=1S/C15H17N5O3S/c1-2-20-10-13(8-16-20)15-18-14(23-19-15)9-17-24(21,22)11-12-6-4-3-5-7-12/h3-8,10,17H,2,9,11H2,1H3. The van der Waals surface area contributed by atoms with Crippen molar-refractivity contribution in [3.63, 3.8) is 0 Å². The van der Waals surface area contributed by atoms with Crippen LogP contribution in [0.15, 0.2) is 47.2 Å². The predicted octanol–water partition coefficient (Wildman–Crippen LogP) is 1.57. The van der Waals surface area contributed by atoms with E-state index in [0.717, 1.165) is 12.1 Å². The van der Waals surface area contributed by atoms with Crippen LogP contribution in [0.5, 0.6) is 0 Å². The topological polar surface area (TPSA) is 103 Å². The zero-order valence-corrected chi connectivity index (χ0v) is 13.9. The summed E-state index contributed by atoms with van der Waals surface area (Å²) in [5.74, 6) is 0.482. The van der Waals surface area contributed by atoms with Gasteiger partial charge in [-0.3, -0.25) is 4.68 Å². The second kappa shape index (κ2) is 6.93. The van der Waals surface area contributed by atoms with Crippen LogP contribution in [0, 0.1) is 0 Å². The molecule has 0 aliphatic carbocycles. The Morgan fingerprint density at radius 2 is 2.04 bits per heavy atom. The molecule has 0 saturated heterocycles. The predicted molar refractivity (Wildman–Crippen MR) is 87.1 cm³/mol. The third-order valence-electron chi connectivity index (χ3n) is 3.33. The summed E-state index contributed by atoms with van der Waals surface area (Å²) in [6.45, 7) is 2.66. The van der Waals surface area contributed by atoms with Gasteiger partial charge >= 0.3 is 0 Å². The van der Waals surface area contributed by atoms with E-state index in [1.165, 1.54) is 0 Å². The molecule has 8 nitrogen and oxygen atoms in total. The van der Waals surface area contributed by atoms with E-state index in [4.69, 9.17) is 4.52 Å². The van der Waals surface area contributed by atoms with E-state index in [1.54, 1.807) is 41.3 Å². The van der Waals surface area contributed by atoms with E-state index in [9.17, 15) is 8.42 Å². The molecular weight excluding hydrogens is 330 g/mol. The highest BCUT2D eigenvalue weighted by atomic mass is 32.2. The number of hydrogen-bond donors (Lipinski definition) is 1. The van der Waals surface area contributed by atoms with Crippen molar-refractivity contribution in [1.29, 1.82) is 0 Å². The van der Waals surface area contributed by atoms with Gasteiger partial charge in [0.25, 0.3) is 0 Å². The smallest absolute Gasteiger partial charge is 0.242 e. The van der Waals surface area contributed by atoms with Gasteiger partial charge in [0.05, 0.1) is 24.1 Å². The first-order valence-electron chi connectivity index (χ1n) is 7.42. The van der Waals surface area contributed by atoms with Crippen molar-refractivity contribution in [2.75, 3.05) is 0 Å². The largest absolute Gasteiger partial charge is 0.338 e. The molecule has 24 heavy (non-hydrogen) atoms. The number of aryl methyl sites for hydroxylation is 1. The Balaban J connectivity index is 1.62. The molecule has 0 aliphatic heterocycles. The lowest BCUT2D eigenvalue weighted by Gasteiger charge is -2.04. The Hall–Kier alpha value is -2.52. The normalized spacial score (nSPS) is 11.7. The number of sulfonamides is 1. The molecule has 0 bridgehead atoms. The molecule has 0 amide bonds. The number of aromatic nitrogens is 4. The highest BCUT2D eigenvalue weighted by molar-refractivity contribution is 7.88. The van der Waals surface area contributed by atoms with Crippen molar-refractivity contribution < 1.29 is 12.9 Å². The molecule has 1 aromatic carbocycles. The number of benzene rings is 1. The molecule has 0 fully saturated rings. The Kier molecular flexibility index (Phi) is 4.72. The van der Waals surface area contributed by atoms with Gasteiger partial charge in [-0.05, 0) is 12.5 Å². The first-order valence-corrected chi connectivity index (χ1v) is 9.07. The van der Waals surface area contributed by atoms with E-state index in [0.29, 0.717) is 11.4 Å². The summed E-state index contributed by atoms with van der Waals surface area (Å²) in [6.07, 6.45) is 3.44. The number of nitrogens with one attached hydrogen (secondary N) is 1. The summed E-state index contributed by atoms with van der Waals surface area (Å²) in [5.41, 5.74) is 1.43. The van der Waals surface area contributed by atoms with Gasteiger partial charge in [-0.2, -0.15) is 10.1 Å². The molecule has 0 saturated carbocycles. The van der Waals surface area contributed by atoms with Crippen LogP contribution in [-0.2, 0) is 28.9 Å². The molecule has 0 atom stereocenters. The SMILES string of the molecule is CCn1cc(-c2noc(CNS(=O)(=O)Cc3ccccc3)n2)cn1. The van der Waals surface area contributed by atoms with E-state index >= 15 is 0 Å². The van der Waals surface area contributed by atoms with Crippen LogP contribution in [0.1, 0.15) is 18.4 Å². The number of nitrogens with zero attached hydrogens (tertiary/aromatic N) is 4. The lowest BCUT2D eigenvalue weighted by atomic mass is 10.2. The van der Waals surface area contributed by atoms with E-state index in [1.807, 2.05) is 13.0 Å². The highest BCUT2D eigenvalue weighted by Gasteiger charge is 2.15. The van der Waals surface area contributed by atoms with Gasteiger partial charge in [-0.25, -0.2) is 13.1 Å². The van der Waals surface area contributed by atoms with Gasteiger partial charge in [0, 0.05) is 12.7 Å². The minimum atomic E-state index is -3.48. The third-order valence-corrected chi connectivity index (χ3v) is 4.62. The van der Waals surface area contributed by atoms with E-state index < -0.39 is 10.0 Å². The summed E-state index contributed by atoms with van der Waals surface area (Å²) in [4.78, 5) is 4.18. The van der Waals surface area contributed by atoms with Crippen LogP contribution in [-0.4, -0.2) is 28.3 Å². The van der Waals surface area contributed by atoms with E-state index in [2.05, 4.69) is 20.0 Å². The molecule has 9 heteroatoms. The Bertz CT molecular complexity index is 902. The Morgan fingerprint density at radius 3 is 2.75 bits per heavy atom. The van der Waals surface area contributed by atoms with Crippen LogP contribution in [0.2, 0.25) is 0 Å². The summed E-state index contributed by atoms with van der Waals surface area (Å²) < 4.78 is 33.4. The van der Waals surface area contributed by atoms with Crippen molar-refractivity contribution in [3.8, 4) is 11.4 Å². The van der Waals surface area contributed by atoms with Crippen LogP contribution in [0.3, 0.4) is 0 Å². The molecule has 2 heterocycles. The van der Waals surface area contributed by atoms with Gasteiger partial charge in [-0.1, -0.05) is 35.5 Å². The summed E-state index contributed by atoms with van der Waals surface area (Å²) in [7, 11) is -3.48. The molecule has 0 unspecified atom stereocenters. The van der Waals surface area contributed by atoms with Gasteiger partial charge < -0.3 is 4.52 Å². The maximum Gasteiger partial charge on any atom is 0.242 e. The van der Waals surface area contributed by atoms with Gasteiger partial charge in [0.15, 0.2) is 0 Å². The van der Waals surface area contributed by atoms with Crippen molar-refractivity contribution in [2.24, 2.45) is 0 Å². The lowest BCUT2D eigenvalue weighted by Crippen LogP contribution is -2.24. The Labute approximate surface area is 139 Å². The summed E-state index contributed by atoms with van der Waals surface area (Å²) >= 11 is 0. The first kappa shape index (κ1) is 16.3. The minimum absolute atomic E-state index is 0.0515. The number of hydrogen-bond acceptors (Lipinski definition) is 6. The molecule has 3 aromatic rings. The van der Waals surface area contributed by atoms with Crippen molar-refractivity contribution in [3.05, 3.63) is 54.2 Å². The molecule has 126 valence electrons. The maximum atomic E-state index is 12.1. The van der Waals surface area contributed by atoms with Crippen molar-refractivity contribution in [2.45, 2.75) is 25.8 Å². The van der Waals surface area contributed by atoms with E-state index in [-0.39, 0.29) is 18.2 Å². The fraction of sp³-hybridized carbons (Fsp3) is 0.267. The van der Waals surface area contributed by atoms with Crippen LogP contribution in [0.4, 0.5) is 0 Å². The molecule has 1 N–H and O–H groups in total. The average Bonchev–Trinajstić information content (AvgIpc) is 3.22. The maximum absolute atomic E-state index is 12.1. The minimum Gasteiger partial charge on any atom is -0.338 e. The molecule has 0 spiro atoms. The van der Waals surface area contributed by atoms with Crippen LogP contribution in [0.25, 0.3) is 11.4 Å². The molecular formula is C15H17N5O3S. The zero-order valence-electron chi connectivity index (χ0n) is 13.1. The van der Waals surface area contributed by atoms with Crippen molar-refractivity contribution in [1.82, 2.24) is 24.6 Å². The van der Waals surface area contributed by atoms with Crippen LogP contribution >= 0.6 is 0 Å². The number of rotatable bonds is 7. The van der Waals surface area contributed by atoms with Gasteiger partial charge in [0.1, 0.15) is 0 Å². The third kappa shape index (κ3) is 4.06. The summed E-state index contributed by atoms with van der Waals surface area (Å²) in [6, 6.07) is 8.95. The quantitative estimate of drug-likeness (QED) is 0.696. The molecule has 0 aliphatic rings. The first-order chi connectivity index (χ1) is 11.6. The second-order valence-corrected chi connectivity index (χ2v) is 6.97. The Morgan fingerprint density at radius 1 is 1.25 bits per heavy atom. The van der Waals surface area contributed by atoms with Gasteiger partial charge in [-0.15, -0.1) is 0 Å². The zero-order chi connectivity index (χ0) is 17.0. The summed E-state index contributed by atoms with van der Waals surface area (Å²) in [5, 5.41) is 7.98.